The second-order valence-corrected chi connectivity index (χ2v) is 6.69. The molecule has 124 valence electrons. The van der Waals surface area contributed by atoms with Gasteiger partial charge in [0.15, 0.2) is 0 Å². The Morgan fingerprint density at radius 3 is 2.30 bits per heavy atom. The van der Waals surface area contributed by atoms with Gasteiger partial charge in [0.25, 0.3) is 5.91 Å². The topological polar surface area (TPSA) is 66.6 Å². The molecule has 0 unspecified atom stereocenters. The number of benzene rings is 1. The van der Waals surface area contributed by atoms with Crippen molar-refractivity contribution >= 4 is 11.8 Å². The largest absolute Gasteiger partial charge is 0.368 e. The van der Waals surface area contributed by atoms with E-state index in [1.165, 1.54) is 0 Å². The Hall–Kier alpha value is -1.88. The molecule has 2 aliphatic heterocycles. The molecule has 2 heterocycles. The quantitative estimate of drug-likeness (QED) is 0.920. The summed E-state index contributed by atoms with van der Waals surface area (Å²) in [7, 11) is 0. The van der Waals surface area contributed by atoms with E-state index >= 15 is 0 Å². The Kier molecular flexibility index (Phi) is 4.66. The minimum Gasteiger partial charge on any atom is -0.368 e. The summed E-state index contributed by atoms with van der Waals surface area (Å²) in [6.45, 7) is 4.47. The first kappa shape index (κ1) is 16.0. The first-order valence-corrected chi connectivity index (χ1v) is 8.47. The smallest absolute Gasteiger partial charge is 0.253 e. The van der Waals surface area contributed by atoms with Gasteiger partial charge >= 0.3 is 0 Å². The van der Waals surface area contributed by atoms with E-state index in [0.29, 0.717) is 6.04 Å². The van der Waals surface area contributed by atoms with Crippen LogP contribution < -0.4 is 5.73 Å². The number of carbonyl (C=O) groups is 2. The molecule has 2 fully saturated rings. The van der Waals surface area contributed by atoms with E-state index in [2.05, 4.69) is 4.90 Å². The number of likely N-dealkylation sites (tertiary alicyclic amines) is 2. The lowest BCUT2D eigenvalue weighted by Gasteiger charge is -2.38. The van der Waals surface area contributed by atoms with Crippen LogP contribution in [0.1, 0.15) is 41.6 Å². The number of nitrogens with zero attached hydrogens (tertiary/aromatic N) is 2. The highest BCUT2D eigenvalue weighted by molar-refractivity contribution is 5.94. The summed E-state index contributed by atoms with van der Waals surface area (Å²) in [5.74, 6) is -0.100. The fraction of sp³-hybridized carbons (Fsp3) is 0.556. The Morgan fingerprint density at radius 1 is 1.04 bits per heavy atom. The van der Waals surface area contributed by atoms with Gasteiger partial charge in [-0.25, -0.2) is 0 Å². The molecule has 5 heteroatoms. The zero-order chi connectivity index (χ0) is 16.4. The predicted molar refractivity (Wildman–Crippen MR) is 89.0 cm³/mol. The second kappa shape index (κ2) is 6.71. The number of hydrogen-bond donors (Lipinski definition) is 1. The third kappa shape index (κ3) is 3.39. The van der Waals surface area contributed by atoms with Crippen molar-refractivity contribution in [2.24, 2.45) is 5.73 Å². The molecule has 0 aliphatic carbocycles. The molecule has 5 nitrogen and oxygen atoms in total. The van der Waals surface area contributed by atoms with E-state index in [0.717, 1.165) is 56.4 Å². The summed E-state index contributed by atoms with van der Waals surface area (Å²) in [4.78, 5) is 28.3. The van der Waals surface area contributed by atoms with Crippen LogP contribution >= 0.6 is 0 Å². The van der Waals surface area contributed by atoms with Crippen molar-refractivity contribution in [3.8, 4) is 0 Å². The zero-order valence-corrected chi connectivity index (χ0v) is 13.7. The van der Waals surface area contributed by atoms with Gasteiger partial charge in [0.05, 0.1) is 6.04 Å². The lowest BCUT2D eigenvalue weighted by atomic mass is 10.0. The normalized spacial score (nSPS) is 23.2. The second-order valence-electron chi connectivity index (χ2n) is 6.69. The SMILES string of the molecule is Cc1ccc(C(=O)N2CCC(N3CCC[C@H]3C(N)=O)CC2)cc1. The van der Waals surface area contributed by atoms with Gasteiger partial charge in [0.1, 0.15) is 0 Å². The highest BCUT2D eigenvalue weighted by atomic mass is 16.2. The van der Waals surface area contributed by atoms with Crippen LogP contribution in [0.5, 0.6) is 0 Å². The number of amides is 2. The minimum absolute atomic E-state index is 0.108. The van der Waals surface area contributed by atoms with Crippen LogP contribution in [0, 0.1) is 6.92 Å². The van der Waals surface area contributed by atoms with Crippen LogP contribution in [0.4, 0.5) is 0 Å². The molecule has 2 aliphatic rings. The van der Waals surface area contributed by atoms with Crippen molar-refractivity contribution in [3.63, 3.8) is 0 Å². The zero-order valence-electron chi connectivity index (χ0n) is 13.7. The van der Waals surface area contributed by atoms with E-state index in [9.17, 15) is 9.59 Å². The van der Waals surface area contributed by atoms with E-state index in [-0.39, 0.29) is 17.9 Å². The highest BCUT2D eigenvalue weighted by Crippen LogP contribution is 2.26. The molecule has 23 heavy (non-hydrogen) atoms. The molecule has 0 radical (unpaired) electrons. The molecule has 3 rings (SSSR count). The van der Waals surface area contributed by atoms with Gasteiger partial charge in [0, 0.05) is 24.7 Å². The van der Waals surface area contributed by atoms with E-state index in [1.54, 1.807) is 0 Å². The van der Waals surface area contributed by atoms with Crippen molar-refractivity contribution in [2.45, 2.75) is 44.7 Å². The molecule has 0 bridgehead atoms. The van der Waals surface area contributed by atoms with Gasteiger partial charge in [-0.2, -0.15) is 0 Å². The van der Waals surface area contributed by atoms with Crippen molar-refractivity contribution in [1.29, 1.82) is 0 Å². The number of carbonyl (C=O) groups excluding carboxylic acids is 2. The molecule has 1 aromatic rings. The maximum absolute atomic E-state index is 12.5. The third-order valence-corrected chi connectivity index (χ3v) is 5.14. The molecular formula is C18H25N3O2. The Morgan fingerprint density at radius 2 is 1.70 bits per heavy atom. The summed E-state index contributed by atoms with van der Waals surface area (Å²) in [6.07, 6.45) is 3.75. The Labute approximate surface area is 137 Å². The van der Waals surface area contributed by atoms with Crippen molar-refractivity contribution < 1.29 is 9.59 Å². The number of aryl methyl sites for hydroxylation is 1. The van der Waals surface area contributed by atoms with Crippen LogP contribution in [-0.4, -0.2) is 53.3 Å². The van der Waals surface area contributed by atoms with E-state index < -0.39 is 0 Å². The van der Waals surface area contributed by atoms with Gasteiger partial charge < -0.3 is 10.6 Å². The third-order valence-electron chi connectivity index (χ3n) is 5.14. The lowest BCUT2D eigenvalue weighted by Crippen LogP contribution is -2.51. The van der Waals surface area contributed by atoms with E-state index in [4.69, 9.17) is 5.73 Å². The van der Waals surface area contributed by atoms with Crippen molar-refractivity contribution in [2.75, 3.05) is 19.6 Å². The van der Waals surface area contributed by atoms with Crippen LogP contribution in [0.25, 0.3) is 0 Å². The van der Waals surface area contributed by atoms with Crippen LogP contribution in [-0.2, 0) is 4.79 Å². The first-order valence-electron chi connectivity index (χ1n) is 8.47. The molecule has 2 saturated heterocycles. The lowest BCUT2D eigenvalue weighted by molar-refractivity contribution is -0.123. The summed E-state index contributed by atoms with van der Waals surface area (Å²) < 4.78 is 0. The summed E-state index contributed by atoms with van der Waals surface area (Å²) in [5, 5.41) is 0. The average Bonchev–Trinajstić information content (AvgIpc) is 3.05. The van der Waals surface area contributed by atoms with Gasteiger partial charge in [-0.1, -0.05) is 17.7 Å². The maximum Gasteiger partial charge on any atom is 0.253 e. The molecule has 0 spiro atoms. The fourth-order valence-electron chi connectivity index (χ4n) is 3.81. The number of primary amides is 1. The fourth-order valence-corrected chi connectivity index (χ4v) is 3.81. The van der Waals surface area contributed by atoms with Gasteiger partial charge in [-0.15, -0.1) is 0 Å². The average molecular weight is 315 g/mol. The number of rotatable bonds is 3. The van der Waals surface area contributed by atoms with Crippen LogP contribution in [0.15, 0.2) is 24.3 Å². The standard InChI is InChI=1S/C18H25N3O2/c1-13-4-6-14(7-5-13)18(23)20-11-8-15(9-12-20)21-10-2-3-16(21)17(19)22/h4-7,15-16H,2-3,8-12H2,1H3,(H2,19,22)/t16-/m0/s1. The molecule has 1 aromatic carbocycles. The minimum atomic E-state index is -0.208. The summed E-state index contributed by atoms with van der Waals surface area (Å²) in [5.41, 5.74) is 7.43. The predicted octanol–water partition coefficient (Wildman–Crippen LogP) is 1.55. The van der Waals surface area contributed by atoms with Gasteiger partial charge in [0.2, 0.25) is 5.91 Å². The van der Waals surface area contributed by atoms with Gasteiger partial charge in [-0.3, -0.25) is 14.5 Å². The summed E-state index contributed by atoms with van der Waals surface area (Å²) in [6, 6.07) is 8.00. The molecule has 0 aromatic heterocycles. The van der Waals surface area contributed by atoms with E-state index in [1.807, 2.05) is 36.1 Å². The molecular weight excluding hydrogens is 290 g/mol. The molecule has 2 amide bonds. The number of hydrogen-bond acceptors (Lipinski definition) is 3. The Bertz CT molecular complexity index is 576. The van der Waals surface area contributed by atoms with Crippen LogP contribution in [0.3, 0.4) is 0 Å². The van der Waals surface area contributed by atoms with Crippen molar-refractivity contribution in [1.82, 2.24) is 9.80 Å². The summed E-state index contributed by atoms with van der Waals surface area (Å²) >= 11 is 0. The molecule has 0 saturated carbocycles. The van der Waals surface area contributed by atoms with Gasteiger partial charge in [-0.05, 0) is 51.3 Å². The maximum atomic E-state index is 12.5. The van der Waals surface area contributed by atoms with Crippen molar-refractivity contribution in [3.05, 3.63) is 35.4 Å². The monoisotopic (exact) mass is 315 g/mol. The Balaban J connectivity index is 1.59. The van der Waals surface area contributed by atoms with Crippen LogP contribution in [0.2, 0.25) is 0 Å². The molecule has 2 N–H and O–H groups in total. The number of piperidine rings is 1. The number of nitrogens with two attached hydrogens (primary N) is 1. The molecule has 1 atom stereocenters. The highest BCUT2D eigenvalue weighted by Gasteiger charge is 2.36. The first-order chi connectivity index (χ1) is 11.1.